The molecule has 6 heteroatoms. The van der Waals surface area contributed by atoms with Crippen molar-refractivity contribution in [1.82, 2.24) is 4.90 Å². The maximum absolute atomic E-state index is 12.2. The van der Waals surface area contributed by atoms with Gasteiger partial charge in [-0.1, -0.05) is 17.7 Å². The highest BCUT2D eigenvalue weighted by molar-refractivity contribution is 6.30. The third kappa shape index (κ3) is 4.11. The summed E-state index contributed by atoms with van der Waals surface area (Å²) in [5.41, 5.74) is 0. The van der Waals surface area contributed by atoms with E-state index in [0.717, 1.165) is 0 Å². The summed E-state index contributed by atoms with van der Waals surface area (Å²) >= 11 is 5.85. The van der Waals surface area contributed by atoms with Gasteiger partial charge >= 0.3 is 5.97 Å². The summed E-state index contributed by atoms with van der Waals surface area (Å²) in [6.07, 6.45) is 0.973. The minimum Gasteiger partial charge on any atom is -0.484 e. The van der Waals surface area contributed by atoms with E-state index >= 15 is 0 Å². The Morgan fingerprint density at radius 1 is 1.48 bits per heavy atom. The normalized spacial score (nSPS) is 21.9. The number of ether oxygens (including phenoxy) is 1. The van der Waals surface area contributed by atoms with Crippen molar-refractivity contribution < 1.29 is 19.4 Å². The molecule has 0 saturated carbocycles. The number of nitrogens with zero attached hydrogens (tertiary/aromatic N) is 1. The number of rotatable bonds is 4. The van der Waals surface area contributed by atoms with E-state index in [-0.39, 0.29) is 24.5 Å². The van der Waals surface area contributed by atoms with Gasteiger partial charge in [0.25, 0.3) is 5.91 Å². The molecule has 2 rings (SSSR count). The van der Waals surface area contributed by atoms with E-state index in [1.165, 1.54) is 0 Å². The van der Waals surface area contributed by atoms with Crippen LogP contribution in [0.5, 0.6) is 5.75 Å². The molecule has 0 radical (unpaired) electrons. The molecule has 114 valence electrons. The van der Waals surface area contributed by atoms with Crippen molar-refractivity contribution in [3.05, 3.63) is 29.3 Å². The van der Waals surface area contributed by atoms with Crippen molar-refractivity contribution >= 4 is 23.5 Å². The molecule has 0 aromatic heterocycles. The number of amides is 1. The number of hydrogen-bond acceptors (Lipinski definition) is 3. The fourth-order valence-corrected chi connectivity index (χ4v) is 2.73. The number of piperidine rings is 1. The van der Waals surface area contributed by atoms with E-state index < -0.39 is 5.97 Å². The number of carboxylic acids is 1. The summed E-state index contributed by atoms with van der Waals surface area (Å²) in [5, 5.41) is 9.57. The Morgan fingerprint density at radius 2 is 2.24 bits per heavy atom. The SMILES string of the molecule is CC1CC(C(=O)O)CCN1C(=O)COc1cccc(Cl)c1. The Labute approximate surface area is 128 Å². The maximum atomic E-state index is 12.2. The molecule has 0 aliphatic carbocycles. The van der Waals surface area contributed by atoms with Crippen molar-refractivity contribution in [2.24, 2.45) is 5.92 Å². The molecular weight excluding hydrogens is 294 g/mol. The molecule has 2 unspecified atom stereocenters. The predicted molar refractivity (Wildman–Crippen MR) is 78.5 cm³/mol. The molecule has 1 amide bonds. The number of halogens is 1. The van der Waals surface area contributed by atoms with Gasteiger partial charge in [-0.25, -0.2) is 0 Å². The first-order valence-electron chi connectivity index (χ1n) is 6.88. The van der Waals surface area contributed by atoms with E-state index in [2.05, 4.69) is 0 Å². The minimum atomic E-state index is -0.788. The van der Waals surface area contributed by atoms with Crippen molar-refractivity contribution in [2.45, 2.75) is 25.8 Å². The summed E-state index contributed by atoms with van der Waals surface area (Å²) in [5.74, 6) is -0.739. The fraction of sp³-hybridized carbons (Fsp3) is 0.467. The zero-order chi connectivity index (χ0) is 15.4. The highest BCUT2D eigenvalue weighted by Gasteiger charge is 2.32. The second kappa shape index (κ2) is 6.80. The summed E-state index contributed by atoms with van der Waals surface area (Å²) in [4.78, 5) is 24.8. The maximum Gasteiger partial charge on any atom is 0.306 e. The van der Waals surface area contributed by atoms with Gasteiger partial charge in [0.2, 0.25) is 0 Å². The van der Waals surface area contributed by atoms with E-state index in [1.54, 1.807) is 29.2 Å². The van der Waals surface area contributed by atoms with Crippen LogP contribution in [0.25, 0.3) is 0 Å². The average molecular weight is 312 g/mol. The number of carboxylic acid groups (broad SMARTS) is 1. The largest absolute Gasteiger partial charge is 0.484 e. The van der Waals surface area contributed by atoms with Crippen LogP contribution in [-0.4, -0.2) is 41.1 Å². The van der Waals surface area contributed by atoms with Gasteiger partial charge < -0.3 is 14.7 Å². The van der Waals surface area contributed by atoms with Crippen LogP contribution in [0, 0.1) is 5.92 Å². The Balaban J connectivity index is 1.88. The van der Waals surface area contributed by atoms with Crippen molar-refractivity contribution in [2.75, 3.05) is 13.2 Å². The van der Waals surface area contributed by atoms with Gasteiger partial charge in [-0.15, -0.1) is 0 Å². The zero-order valence-electron chi connectivity index (χ0n) is 11.8. The average Bonchev–Trinajstić information content (AvgIpc) is 2.44. The first kappa shape index (κ1) is 15.6. The Hall–Kier alpha value is -1.75. The van der Waals surface area contributed by atoms with Crippen LogP contribution in [0.2, 0.25) is 5.02 Å². The molecular formula is C15H18ClNO4. The topological polar surface area (TPSA) is 66.8 Å². The number of carbonyl (C=O) groups is 2. The molecule has 1 heterocycles. The fourth-order valence-electron chi connectivity index (χ4n) is 2.55. The smallest absolute Gasteiger partial charge is 0.306 e. The number of likely N-dealkylation sites (tertiary alicyclic amines) is 1. The molecule has 21 heavy (non-hydrogen) atoms. The molecule has 0 spiro atoms. The molecule has 0 bridgehead atoms. The summed E-state index contributed by atoms with van der Waals surface area (Å²) in [6, 6.07) is 6.78. The van der Waals surface area contributed by atoms with Crippen LogP contribution in [0.4, 0.5) is 0 Å². The van der Waals surface area contributed by atoms with Crippen LogP contribution in [0.15, 0.2) is 24.3 Å². The summed E-state index contributed by atoms with van der Waals surface area (Å²) in [7, 11) is 0. The molecule has 1 fully saturated rings. The molecule has 1 aliphatic rings. The lowest BCUT2D eigenvalue weighted by Crippen LogP contribution is -2.47. The first-order chi connectivity index (χ1) is 9.97. The van der Waals surface area contributed by atoms with Gasteiger partial charge in [-0.3, -0.25) is 9.59 Å². The van der Waals surface area contributed by atoms with E-state index in [0.29, 0.717) is 30.2 Å². The highest BCUT2D eigenvalue weighted by atomic mass is 35.5. The van der Waals surface area contributed by atoms with E-state index in [9.17, 15) is 9.59 Å². The van der Waals surface area contributed by atoms with Gasteiger partial charge in [-0.2, -0.15) is 0 Å². The summed E-state index contributed by atoms with van der Waals surface area (Å²) < 4.78 is 5.43. The second-order valence-corrected chi connectivity index (χ2v) is 5.68. The zero-order valence-corrected chi connectivity index (χ0v) is 12.5. The molecule has 1 aromatic rings. The standard InChI is InChI=1S/C15H18ClNO4/c1-10-7-11(15(19)20)5-6-17(10)14(18)9-21-13-4-2-3-12(16)8-13/h2-4,8,10-11H,5-7,9H2,1H3,(H,19,20). The Kier molecular flexibility index (Phi) is 5.07. The van der Waals surface area contributed by atoms with Gasteiger partial charge in [0.15, 0.2) is 6.61 Å². The van der Waals surface area contributed by atoms with E-state index in [1.807, 2.05) is 6.92 Å². The molecule has 1 aliphatic heterocycles. The summed E-state index contributed by atoms with van der Waals surface area (Å²) in [6.45, 7) is 2.25. The van der Waals surface area contributed by atoms with Gasteiger partial charge in [0, 0.05) is 17.6 Å². The van der Waals surface area contributed by atoms with Crippen LogP contribution >= 0.6 is 11.6 Å². The van der Waals surface area contributed by atoms with Crippen molar-refractivity contribution in [3.8, 4) is 5.75 Å². The van der Waals surface area contributed by atoms with Crippen LogP contribution in [0.1, 0.15) is 19.8 Å². The van der Waals surface area contributed by atoms with Gasteiger partial charge in [0.1, 0.15) is 5.75 Å². The van der Waals surface area contributed by atoms with Crippen molar-refractivity contribution in [1.29, 1.82) is 0 Å². The van der Waals surface area contributed by atoms with Gasteiger partial charge in [-0.05, 0) is 38.0 Å². The van der Waals surface area contributed by atoms with Crippen LogP contribution in [-0.2, 0) is 9.59 Å². The number of carbonyl (C=O) groups excluding carboxylic acids is 1. The lowest BCUT2D eigenvalue weighted by atomic mass is 9.92. The molecule has 1 N–H and O–H groups in total. The van der Waals surface area contributed by atoms with Crippen LogP contribution < -0.4 is 4.74 Å². The second-order valence-electron chi connectivity index (χ2n) is 5.24. The lowest BCUT2D eigenvalue weighted by Gasteiger charge is -2.36. The number of aliphatic carboxylic acids is 1. The third-order valence-electron chi connectivity index (χ3n) is 3.70. The molecule has 5 nitrogen and oxygen atoms in total. The Bertz CT molecular complexity index is 534. The Morgan fingerprint density at radius 3 is 2.86 bits per heavy atom. The highest BCUT2D eigenvalue weighted by Crippen LogP contribution is 2.23. The molecule has 1 saturated heterocycles. The first-order valence-corrected chi connectivity index (χ1v) is 7.26. The third-order valence-corrected chi connectivity index (χ3v) is 3.94. The van der Waals surface area contributed by atoms with Gasteiger partial charge in [0.05, 0.1) is 5.92 Å². The minimum absolute atomic E-state index is 0.0670. The number of benzene rings is 1. The number of hydrogen-bond donors (Lipinski definition) is 1. The van der Waals surface area contributed by atoms with Crippen LogP contribution in [0.3, 0.4) is 0 Å². The monoisotopic (exact) mass is 311 g/mol. The molecule has 2 atom stereocenters. The lowest BCUT2D eigenvalue weighted by molar-refractivity contribution is -0.148. The predicted octanol–water partition coefficient (Wildman–Crippen LogP) is 2.43. The quantitative estimate of drug-likeness (QED) is 0.927. The molecule has 1 aromatic carbocycles. The van der Waals surface area contributed by atoms with Crippen molar-refractivity contribution in [3.63, 3.8) is 0 Å². The van der Waals surface area contributed by atoms with E-state index in [4.69, 9.17) is 21.4 Å².